The lowest BCUT2D eigenvalue weighted by atomic mass is 10.2. The molecule has 7 heteroatoms. The van der Waals surface area contributed by atoms with E-state index in [0.717, 1.165) is 6.07 Å². The number of aliphatic hydroxyl groups excluding tert-OH is 1. The molecule has 0 fully saturated rings. The molecule has 1 amide bonds. The third-order valence-electron chi connectivity index (χ3n) is 2.59. The Morgan fingerprint density at radius 1 is 1.55 bits per heavy atom. The van der Waals surface area contributed by atoms with Gasteiger partial charge in [-0.3, -0.25) is 4.79 Å². The van der Waals surface area contributed by atoms with E-state index < -0.39 is 11.7 Å². The maximum Gasteiger partial charge on any atom is 0.256 e. The molecule has 2 N–H and O–H groups in total. The van der Waals surface area contributed by atoms with Crippen LogP contribution in [0.5, 0.6) is 0 Å². The summed E-state index contributed by atoms with van der Waals surface area (Å²) in [6, 6.07) is 7.08. The molecule has 2 aromatic rings. The maximum absolute atomic E-state index is 13.1. The minimum absolute atomic E-state index is 0.130. The number of amides is 1. The number of nitriles is 1. The predicted octanol–water partition coefficient (Wildman–Crippen LogP) is 1.14. The van der Waals surface area contributed by atoms with Crippen LogP contribution in [0.25, 0.3) is 0 Å². The number of hydrogen-bond donors (Lipinski definition) is 2. The molecule has 0 spiro atoms. The summed E-state index contributed by atoms with van der Waals surface area (Å²) in [5, 5.41) is 24.2. The van der Waals surface area contributed by atoms with Crippen LogP contribution >= 0.6 is 0 Å². The Hall–Kier alpha value is -2.72. The smallest absolute Gasteiger partial charge is 0.256 e. The number of rotatable bonds is 4. The highest BCUT2D eigenvalue weighted by Crippen LogP contribution is 2.15. The molecule has 20 heavy (non-hydrogen) atoms. The van der Waals surface area contributed by atoms with Crippen molar-refractivity contribution in [3.63, 3.8) is 0 Å². The molecule has 1 aromatic heterocycles. The van der Waals surface area contributed by atoms with Gasteiger partial charge in [-0.05, 0) is 18.2 Å². The highest BCUT2D eigenvalue weighted by Gasteiger charge is 2.15. The summed E-state index contributed by atoms with van der Waals surface area (Å²) in [6.07, 6.45) is 1.29. The van der Waals surface area contributed by atoms with Gasteiger partial charge < -0.3 is 10.4 Å². The molecule has 0 aliphatic heterocycles. The molecular weight excluding hydrogens is 263 g/mol. The third-order valence-corrected chi connectivity index (χ3v) is 2.59. The van der Waals surface area contributed by atoms with E-state index in [0.29, 0.717) is 0 Å². The molecule has 0 saturated heterocycles. The second-order valence-corrected chi connectivity index (χ2v) is 3.93. The number of carbonyl (C=O) groups excluding carboxylic acids is 1. The lowest BCUT2D eigenvalue weighted by Gasteiger charge is -2.08. The Morgan fingerprint density at radius 2 is 2.35 bits per heavy atom. The van der Waals surface area contributed by atoms with Crippen LogP contribution < -0.4 is 5.32 Å². The van der Waals surface area contributed by atoms with Crippen molar-refractivity contribution >= 4 is 11.7 Å². The van der Waals surface area contributed by atoms with Gasteiger partial charge in [0, 0.05) is 5.56 Å². The van der Waals surface area contributed by atoms with Gasteiger partial charge in [-0.2, -0.15) is 10.4 Å². The van der Waals surface area contributed by atoms with Crippen molar-refractivity contribution in [3.8, 4) is 6.07 Å². The summed E-state index contributed by atoms with van der Waals surface area (Å²) in [5.41, 5.74) is 0.300. The topological polar surface area (TPSA) is 90.9 Å². The first-order valence-corrected chi connectivity index (χ1v) is 5.79. The Bertz CT molecular complexity index is 675. The summed E-state index contributed by atoms with van der Waals surface area (Å²) in [4.78, 5) is 12.0. The number of nitrogens with one attached hydrogen (secondary N) is 1. The summed E-state index contributed by atoms with van der Waals surface area (Å²) < 4.78 is 14.4. The number of halogens is 1. The zero-order chi connectivity index (χ0) is 14.5. The van der Waals surface area contributed by atoms with Crippen LogP contribution in [-0.4, -0.2) is 27.4 Å². The van der Waals surface area contributed by atoms with Gasteiger partial charge in [0.25, 0.3) is 5.91 Å². The van der Waals surface area contributed by atoms with E-state index in [1.165, 1.54) is 29.1 Å². The first-order chi connectivity index (χ1) is 9.65. The minimum atomic E-state index is -0.555. The van der Waals surface area contributed by atoms with E-state index in [2.05, 4.69) is 10.4 Å². The predicted molar refractivity (Wildman–Crippen MR) is 68.4 cm³/mol. The van der Waals surface area contributed by atoms with Gasteiger partial charge in [0.15, 0.2) is 0 Å². The summed E-state index contributed by atoms with van der Waals surface area (Å²) in [7, 11) is 0. The van der Waals surface area contributed by atoms with Crippen LogP contribution in [0.3, 0.4) is 0 Å². The number of aromatic nitrogens is 2. The molecule has 0 aliphatic rings. The molecule has 102 valence electrons. The molecule has 0 unspecified atom stereocenters. The number of anilines is 1. The summed E-state index contributed by atoms with van der Waals surface area (Å²) in [6.45, 7) is -0.0458. The maximum atomic E-state index is 13.1. The van der Waals surface area contributed by atoms with Crippen LogP contribution in [0.2, 0.25) is 0 Å². The fraction of sp³-hybridized carbons (Fsp3) is 0.154. The van der Waals surface area contributed by atoms with Crippen molar-refractivity contribution in [2.75, 3.05) is 11.9 Å². The molecule has 1 aromatic carbocycles. The van der Waals surface area contributed by atoms with Crippen LogP contribution in [0.1, 0.15) is 15.9 Å². The Balaban J connectivity index is 2.27. The van der Waals surface area contributed by atoms with Crippen molar-refractivity contribution in [1.29, 1.82) is 5.26 Å². The fourth-order valence-corrected chi connectivity index (χ4v) is 1.67. The number of benzene rings is 1. The van der Waals surface area contributed by atoms with Gasteiger partial charge in [-0.1, -0.05) is 6.07 Å². The first kappa shape index (κ1) is 13.7. The number of hydrogen-bond acceptors (Lipinski definition) is 4. The molecule has 0 radical (unpaired) electrons. The van der Waals surface area contributed by atoms with Crippen molar-refractivity contribution in [2.45, 2.75) is 6.54 Å². The molecule has 2 rings (SSSR count). The molecule has 1 heterocycles. The minimum Gasteiger partial charge on any atom is -0.394 e. The Labute approximate surface area is 114 Å². The summed E-state index contributed by atoms with van der Waals surface area (Å²) in [5.74, 6) is -0.904. The standard InChI is InChI=1S/C13H11FN4O2/c14-11-3-1-2-9(6-11)13(20)17-12-10(7-15)8-16-18(12)4-5-19/h1-3,6,8,19H,4-5H2,(H,17,20). The zero-order valence-electron chi connectivity index (χ0n) is 10.4. The van der Waals surface area contributed by atoms with Crippen molar-refractivity contribution in [3.05, 3.63) is 47.4 Å². The Kier molecular flexibility index (Phi) is 4.08. The Morgan fingerprint density at radius 3 is 3.00 bits per heavy atom. The molecule has 6 nitrogen and oxygen atoms in total. The van der Waals surface area contributed by atoms with Crippen molar-refractivity contribution < 1.29 is 14.3 Å². The number of carbonyl (C=O) groups is 1. The van der Waals surface area contributed by atoms with Crippen molar-refractivity contribution in [2.24, 2.45) is 0 Å². The van der Waals surface area contributed by atoms with Gasteiger partial charge >= 0.3 is 0 Å². The van der Waals surface area contributed by atoms with Gasteiger partial charge in [0.2, 0.25) is 0 Å². The molecule has 0 saturated carbocycles. The molecule has 0 aliphatic carbocycles. The normalized spacial score (nSPS) is 10.1. The third kappa shape index (κ3) is 2.81. The van der Waals surface area contributed by atoms with Crippen molar-refractivity contribution in [1.82, 2.24) is 9.78 Å². The highest BCUT2D eigenvalue weighted by molar-refractivity contribution is 6.04. The van der Waals surface area contributed by atoms with Crippen LogP contribution in [0.15, 0.2) is 30.5 Å². The number of aliphatic hydroxyl groups is 1. The zero-order valence-corrected chi connectivity index (χ0v) is 10.4. The molecular formula is C13H11FN4O2. The highest BCUT2D eigenvalue weighted by atomic mass is 19.1. The van der Waals surface area contributed by atoms with Gasteiger partial charge in [-0.25, -0.2) is 9.07 Å². The van der Waals surface area contributed by atoms with E-state index in [9.17, 15) is 9.18 Å². The molecule has 0 atom stereocenters. The fourth-order valence-electron chi connectivity index (χ4n) is 1.67. The second-order valence-electron chi connectivity index (χ2n) is 3.93. The van der Waals surface area contributed by atoms with E-state index in [-0.39, 0.29) is 30.1 Å². The summed E-state index contributed by atoms with van der Waals surface area (Å²) >= 11 is 0. The van der Waals surface area contributed by atoms with Crippen LogP contribution in [0, 0.1) is 17.1 Å². The monoisotopic (exact) mass is 274 g/mol. The second kappa shape index (κ2) is 5.95. The molecule has 0 bridgehead atoms. The quantitative estimate of drug-likeness (QED) is 0.874. The number of nitrogens with zero attached hydrogens (tertiary/aromatic N) is 3. The van der Waals surface area contributed by atoms with E-state index >= 15 is 0 Å². The SMILES string of the molecule is N#Cc1cnn(CCO)c1NC(=O)c1cccc(F)c1. The largest absolute Gasteiger partial charge is 0.394 e. The average molecular weight is 274 g/mol. The first-order valence-electron chi connectivity index (χ1n) is 5.79. The van der Waals surface area contributed by atoms with Crippen LogP contribution in [0.4, 0.5) is 10.2 Å². The van der Waals surface area contributed by atoms with E-state index in [1.807, 2.05) is 6.07 Å². The van der Waals surface area contributed by atoms with E-state index in [4.69, 9.17) is 10.4 Å². The van der Waals surface area contributed by atoms with Gasteiger partial charge in [-0.15, -0.1) is 0 Å². The van der Waals surface area contributed by atoms with E-state index in [1.54, 1.807) is 0 Å². The van der Waals surface area contributed by atoms with Gasteiger partial charge in [0.05, 0.1) is 19.3 Å². The van der Waals surface area contributed by atoms with Crippen LogP contribution in [-0.2, 0) is 6.54 Å². The lowest BCUT2D eigenvalue weighted by molar-refractivity contribution is 0.102. The lowest BCUT2D eigenvalue weighted by Crippen LogP contribution is -2.17. The average Bonchev–Trinajstić information content (AvgIpc) is 2.81. The van der Waals surface area contributed by atoms with Gasteiger partial charge in [0.1, 0.15) is 23.3 Å².